The number of methoxy groups -OCH3 is 1. The average Bonchev–Trinajstić information content (AvgIpc) is 3.27. The van der Waals surface area contributed by atoms with Crippen LogP contribution in [0.3, 0.4) is 0 Å². The number of carbonyl (C=O) groups is 1. The molecule has 2 aromatic heterocycles. The van der Waals surface area contributed by atoms with Gasteiger partial charge in [-0.15, -0.1) is 5.10 Å². The van der Waals surface area contributed by atoms with Crippen molar-refractivity contribution in [1.82, 2.24) is 29.0 Å². The van der Waals surface area contributed by atoms with Crippen molar-refractivity contribution < 1.29 is 9.53 Å². The number of benzene rings is 1. The summed E-state index contributed by atoms with van der Waals surface area (Å²) in [5, 5.41) is 8.66. The van der Waals surface area contributed by atoms with Gasteiger partial charge in [0.1, 0.15) is 11.4 Å². The second-order valence-corrected chi connectivity index (χ2v) is 7.23. The number of likely N-dealkylation sites (tertiary alicyclic amines) is 1. The van der Waals surface area contributed by atoms with Gasteiger partial charge in [-0.05, 0) is 25.0 Å². The third-order valence-corrected chi connectivity index (χ3v) is 5.33. The lowest BCUT2D eigenvalue weighted by molar-refractivity contribution is 0.0707. The molecule has 3 aromatic rings. The maximum Gasteiger partial charge on any atom is 0.350 e. The lowest BCUT2D eigenvalue weighted by Crippen LogP contribution is -2.38. The zero-order valence-corrected chi connectivity index (χ0v) is 16.8. The molecule has 4 rings (SSSR count). The van der Waals surface area contributed by atoms with Gasteiger partial charge in [0.15, 0.2) is 0 Å². The summed E-state index contributed by atoms with van der Waals surface area (Å²) in [6.07, 6.45) is 3.15. The molecule has 0 spiro atoms. The maximum atomic E-state index is 12.9. The highest BCUT2D eigenvalue weighted by Crippen LogP contribution is 2.29. The summed E-state index contributed by atoms with van der Waals surface area (Å²) >= 11 is 0. The van der Waals surface area contributed by atoms with Crippen LogP contribution in [0.2, 0.25) is 0 Å². The van der Waals surface area contributed by atoms with Crippen molar-refractivity contribution in [3.05, 3.63) is 58.4 Å². The molecule has 0 atom stereocenters. The van der Waals surface area contributed by atoms with E-state index < -0.39 is 0 Å². The smallest absolute Gasteiger partial charge is 0.350 e. The van der Waals surface area contributed by atoms with E-state index in [-0.39, 0.29) is 17.5 Å². The zero-order valence-electron chi connectivity index (χ0n) is 16.8. The number of rotatable bonds is 4. The van der Waals surface area contributed by atoms with Crippen LogP contribution >= 0.6 is 0 Å². The quantitative estimate of drug-likeness (QED) is 0.664. The van der Waals surface area contributed by atoms with Gasteiger partial charge in [-0.1, -0.05) is 18.2 Å². The van der Waals surface area contributed by atoms with Crippen molar-refractivity contribution in [3.63, 3.8) is 0 Å². The molecular weight excluding hydrogens is 372 g/mol. The number of para-hydroxylation sites is 1. The SMILES string of the molecule is COc1nn(C)cc1C(=O)N1CCC(c2nn(C)c(=O)n2-c2ccccc2)CC1. The summed E-state index contributed by atoms with van der Waals surface area (Å²) in [6.45, 7) is 1.17. The molecule has 9 nitrogen and oxygen atoms in total. The number of aryl methyl sites for hydroxylation is 2. The Morgan fingerprint density at radius 3 is 2.45 bits per heavy atom. The van der Waals surface area contributed by atoms with Gasteiger partial charge < -0.3 is 9.64 Å². The van der Waals surface area contributed by atoms with Gasteiger partial charge in [-0.2, -0.15) is 5.10 Å². The second kappa shape index (κ2) is 7.57. The molecule has 0 N–H and O–H groups in total. The van der Waals surface area contributed by atoms with Crippen LogP contribution in [0, 0.1) is 0 Å². The Kier molecular flexibility index (Phi) is 4.96. The van der Waals surface area contributed by atoms with Gasteiger partial charge in [0.05, 0.1) is 12.8 Å². The van der Waals surface area contributed by atoms with E-state index in [2.05, 4.69) is 10.2 Å². The molecule has 0 bridgehead atoms. The summed E-state index contributed by atoms with van der Waals surface area (Å²) in [6, 6.07) is 9.53. The highest BCUT2D eigenvalue weighted by molar-refractivity contribution is 5.96. The molecule has 1 aromatic carbocycles. The van der Waals surface area contributed by atoms with Crippen LogP contribution in [0.4, 0.5) is 0 Å². The highest BCUT2D eigenvalue weighted by atomic mass is 16.5. The normalized spacial score (nSPS) is 14.9. The number of hydrogen-bond donors (Lipinski definition) is 0. The van der Waals surface area contributed by atoms with Crippen molar-refractivity contribution in [1.29, 1.82) is 0 Å². The van der Waals surface area contributed by atoms with Gasteiger partial charge in [0.25, 0.3) is 5.91 Å². The number of hydrogen-bond acceptors (Lipinski definition) is 5. The monoisotopic (exact) mass is 396 g/mol. The molecule has 1 aliphatic heterocycles. The van der Waals surface area contributed by atoms with Crippen molar-refractivity contribution >= 4 is 5.91 Å². The molecule has 0 saturated carbocycles. The molecular formula is C20H24N6O3. The first-order valence-corrected chi connectivity index (χ1v) is 9.58. The van der Waals surface area contributed by atoms with Crippen LogP contribution in [0.5, 0.6) is 5.88 Å². The summed E-state index contributed by atoms with van der Waals surface area (Å²) in [5.74, 6) is 1.09. The lowest BCUT2D eigenvalue weighted by atomic mass is 9.95. The van der Waals surface area contributed by atoms with E-state index in [1.165, 1.54) is 11.8 Å². The number of carbonyl (C=O) groups excluding carboxylic acids is 1. The van der Waals surface area contributed by atoms with Crippen molar-refractivity contribution in [2.45, 2.75) is 18.8 Å². The first kappa shape index (κ1) is 19.0. The number of aromatic nitrogens is 5. The largest absolute Gasteiger partial charge is 0.479 e. The minimum absolute atomic E-state index is 0.0881. The van der Waals surface area contributed by atoms with Crippen LogP contribution in [0.15, 0.2) is 41.3 Å². The Labute approximate surface area is 168 Å². The van der Waals surface area contributed by atoms with Crippen LogP contribution in [-0.2, 0) is 14.1 Å². The molecule has 1 aliphatic rings. The number of nitrogens with zero attached hydrogens (tertiary/aromatic N) is 6. The van der Waals surface area contributed by atoms with E-state index >= 15 is 0 Å². The lowest BCUT2D eigenvalue weighted by Gasteiger charge is -2.31. The van der Waals surface area contributed by atoms with Gasteiger partial charge >= 0.3 is 5.69 Å². The topological polar surface area (TPSA) is 87.2 Å². The van der Waals surface area contributed by atoms with Gasteiger partial charge in [-0.25, -0.2) is 14.0 Å². The van der Waals surface area contributed by atoms with E-state index in [0.717, 1.165) is 24.4 Å². The highest BCUT2D eigenvalue weighted by Gasteiger charge is 2.30. The van der Waals surface area contributed by atoms with E-state index in [1.54, 1.807) is 29.5 Å². The predicted octanol–water partition coefficient (Wildman–Crippen LogP) is 1.33. The molecule has 1 fully saturated rings. The summed E-state index contributed by atoms with van der Waals surface area (Å²) in [5.41, 5.74) is 1.11. The van der Waals surface area contributed by atoms with Crippen molar-refractivity contribution in [2.24, 2.45) is 14.1 Å². The zero-order chi connectivity index (χ0) is 20.5. The Bertz CT molecular complexity index is 1070. The van der Waals surface area contributed by atoms with E-state index in [9.17, 15) is 9.59 Å². The van der Waals surface area contributed by atoms with Gasteiger partial charge in [0.2, 0.25) is 5.88 Å². The number of ether oxygens (including phenoxy) is 1. The molecule has 3 heterocycles. The van der Waals surface area contributed by atoms with E-state index in [1.807, 2.05) is 35.2 Å². The first-order valence-electron chi connectivity index (χ1n) is 9.58. The van der Waals surface area contributed by atoms with Crippen LogP contribution in [-0.4, -0.2) is 55.1 Å². The fraction of sp³-hybridized carbons (Fsp3) is 0.400. The summed E-state index contributed by atoms with van der Waals surface area (Å²) < 4.78 is 9.84. The number of amides is 1. The van der Waals surface area contributed by atoms with Crippen LogP contribution in [0.1, 0.15) is 34.9 Å². The third-order valence-electron chi connectivity index (χ3n) is 5.33. The predicted molar refractivity (Wildman–Crippen MR) is 106 cm³/mol. The molecule has 0 unspecified atom stereocenters. The van der Waals surface area contributed by atoms with E-state index in [4.69, 9.17) is 4.74 Å². The van der Waals surface area contributed by atoms with Crippen molar-refractivity contribution in [3.8, 4) is 11.6 Å². The maximum absolute atomic E-state index is 12.9. The Morgan fingerprint density at radius 1 is 1.10 bits per heavy atom. The Morgan fingerprint density at radius 2 is 1.79 bits per heavy atom. The van der Waals surface area contributed by atoms with Gasteiger partial charge in [0, 0.05) is 39.3 Å². The Hall–Kier alpha value is -3.36. The first-order chi connectivity index (χ1) is 14.0. The van der Waals surface area contributed by atoms with Crippen LogP contribution < -0.4 is 10.4 Å². The molecule has 1 amide bonds. The molecule has 0 aliphatic carbocycles. The summed E-state index contributed by atoms with van der Waals surface area (Å²) in [7, 11) is 4.93. The van der Waals surface area contributed by atoms with Gasteiger partial charge in [-0.3, -0.25) is 9.48 Å². The minimum Gasteiger partial charge on any atom is -0.479 e. The summed E-state index contributed by atoms with van der Waals surface area (Å²) in [4.78, 5) is 27.3. The Balaban J connectivity index is 1.54. The molecule has 9 heteroatoms. The number of piperidine rings is 1. The molecule has 29 heavy (non-hydrogen) atoms. The third kappa shape index (κ3) is 3.43. The molecule has 152 valence electrons. The molecule has 1 saturated heterocycles. The average molecular weight is 396 g/mol. The minimum atomic E-state index is -0.162. The fourth-order valence-corrected chi connectivity index (χ4v) is 3.84. The van der Waals surface area contributed by atoms with Crippen molar-refractivity contribution in [2.75, 3.05) is 20.2 Å². The van der Waals surface area contributed by atoms with E-state index in [0.29, 0.717) is 24.5 Å². The molecule has 0 radical (unpaired) electrons. The second-order valence-electron chi connectivity index (χ2n) is 7.23. The van der Waals surface area contributed by atoms with Crippen LogP contribution in [0.25, 0.3) is 5.69 Å². The standard InChI is InChI=1S/C20H24N6O3/c1-23-13-16(18(22-23)29-3)19(27)25-11-9-14(10-12-25)17-21-24(2)20(28)26(17)15-7-5-4-6-8-15/h4-8,13-14H,9-12H2,1-3H3. The fourth-order valence-electron chi connectivity index (χ4n) is 3.84.